The van der Waals surface area contributed by atoms with Crippen molar-refractivity contribution in [2.45, 2.75) is 38.0 Å². The highest BCUT2D eigenvalue weighted by Gasteiger charge is 2.39. The highest BCUT2D eigenvalue weighted by molar-refractivity contribution is 6.09. The fraction of sp³-hybridized carbons (Fsp3) is 0.400. The van der Waals surface area contributed by atoms with E-state index in [1.165, 1.54) is 7.11 Å². The molecule has 8 nitrogen and oxygen atoms in total. The van der Waals surface area contributed by atoms with Gasteiger partial charge in [0.2, 0.25) is 11.8 Å². The van der Waals surface area contributed by atoms with E-state index in [1.807, 2.05) is 30.3 Å². The summed E-state index contributed by atoms with van der Waals surface area (Å²) in [4.78, 5) is 38.0. The molecule has 0 saturated carbocycles. The van der Waals surface area contributed by atoms with Crippen molar-refractivity contribution in [3.63, 3.8) is 0 Å². The molecule has 0 aromatic heterocycles. The average Bonchev–Trinajstić information content (AvgIpc) is 2.85. The number of carbonyl (C=O) groups excluding carboxylic acids is 3. The Morgan fingerprint density at radius 3 is 2.38 bits per heavy atom. The van der Waals surface area contributed by atoms with Crippen LogP contribution in [0.15, 0.2) is 42.5 Å². The van der Waals surface area contributed by atoms with Crippen molar-refractivity contribution in [3.05, 3.63) is 42.5 Å². The third-order valence-electron chi connectivity index (χ3n) is 6.13. The van der Waals surface area contributed by atoms with Gasteiger partial charge in [-0.1, -0.05) is 30.3 Å². The molecule has 0 spiro atoms. The monoisotopic (exact) mass is 524 g/mol. The first-order chi connectivity index (χ1) is 17.6. The lowest BCUT2D eigenvalue weighted by molar-refractivity contribution is -0.146. The highest BCUT2D eigenvalue weighted by Crippen LogP contribution is 2.43. The lowest BCUT2D eigenvalue weighted by atomic mass is 9.83. The smallest absolute Gasteiger partial charge is 0.389 e. The third-order valence-corrected chi connectivity index (χ3v) is 6.13. The molecule has 0 unspecified atom stereocenters. The summed E-state index contributed by atoms with van der Waals surface area (Å²) in [7, 11) is 1.42. The first-order valence-corrected chi connectivity index (χ1v) is 11.6. The molecule has 5 N–H and O–H groups in total. The first-order valence-electron chi connectivity index (χ1n) is 11.6. The second-order valence-electron chi connectivity index (χ2n) is 8.61. The number of nitrogens with two attached hydrogens (primary N) is 1. The normalized spacial score (nSPS) is 16.6. The third kappa shape index (κ3) is 6.89. The van der Waals surface area contributed by atoms with Crippen molar-refractivity contribution in [2.75, 3.05) is 24.4 Å². The number of amides is 3. The Morgan fingerprint density at radius 2 is 1.78 bits per heavy atom. The summed E-state index contributed by atoms with van der Waals surface area (Å²) in [6.45, 7) is -0.829. The molecule has 200 valence electrons. The lowest BCUT2D eigenvalue weighted by Gasteiger charge is -2.32. The van der Waals surface area contributed by atoms with Crippen molar-refractivity contribution >= 4 is 29.1 Å². The van der Waals surface area contributed by atoms with Crippen LogP contribution in [0, 0.1) is 11.8 Å². The van der Waals surface area contributed by atoms with Crippen molar-refractivity contribution in [3.8, 4) is 16.9 Å². The van der Waals surface area contributed by atoms with Crippen LogP contribution >= 0.6 is 0 Å². The number of halogens is 4. The minimum Gasteiger partial charge on any atom is -0.494 e. The molecule has 3 atom stereocenters. The van der Waals surface area contributed by atoms with Crippen LogP contribution in [-0.4, -0.2) is 43.8 Å². The minimum atomic E-state index is -4.60. The Kier molecular flexibility index (Phi) is 8.95. The molecule has 2 aromatic carbocycles. The van der Waals surface area contributed by atoms with E-state index in [9.17, 15) is 31.9 Å². The standard InChI is InChI=1S/C25H28F4N4O4/c1-37-18-10-9-15(14-6-3-2-4-7-14)19-20(18)32-24(36)22(31-19)33-23(35)17(11-12-25(27,28)29)16(21(30)34)8-5-13-26/h2-4,6-7,9-10,16-17,22,31H,5,8,11-13H2,1H3,(H2,30,34)(H,32,36)(H,33,35)/t16-,17+,22-/m0/s1. The van der Waals surface area contributed by atoms with Crippen LogP contribution < -0.4 is 26.4 Å². The summed E-state index contributed by atoms with van der Waals surface area (Å²) in [5, 5.41) is 8.00. The van der Waals surface area contributed by atoms with Crippen LogP contribution in [-0.2, 0) is 14.4 Å². The summed E-state index contributed by atoms with van der Waals surface area (Å²) in [5.41, 5.74) is 7.57. The predicted molar refractivity (Wildman–Crippen MR) is 129 cm³/mol. The molecule has 2 aromatic rings. The highest BCUT2D eigenvalue weighted by atomic mass is 19.4. The molecule has 0 saturated heterocycles. The number of benzene rings is 2. The summed E-state index contributed by atoms with van der Waals surface area (Å²) in [6, 6.07) is 12.6. The summed E-state index contributed by atoms with van der Waals surface area (Å²) in [6.07, 6.45) is -8.43. The largest absolute Gasteiger partial charge is 0.494 e. The van der Waals surface area contributed by atoms with Gasteiger partial charge in [-0.3, -0.25) is 18.8 Å². The number of rotatable bonds is 11. The molecule has 0 aliphatic carbocycles. The predicted octanol–water partition coefficient (Wildman–Crippen LogP) is 3.98. The zero-order chi connectivity index (χ0) is 27.2. The van der Waals surface area contributed by atoms with Gasteiger partial charge in [-0.2, -0.15) is 13.2 Å². The second kappa shape index (κ2) is 11.9. The number of primary amides is 1. The Balaban J connectivity index is 1.91. The van der Waals surface area contributed by atoms with Gasteiger partial charge in [0.15, 0.2) is 6.17 Å². The van der Waals surface area contributed by atoms with Crippen LogP contribution in [0.4, 0.5) is 28.9 Å². The average molecular weight is 525 g/mol. The van der Waals surface area contributed by atoms with Gasteiger partial charge in [0.05, 0.1) is 19.5 Å². The zero-order valence-corrected chi connectivity index (χ0v) is 20.0. The lowest BCUT2D eigenvalue weighted by Crippen LogP contribution is -2.54. The van der Waals surface area contributed by atoms with Gasteiger partial charge in [-0.25, -0.2) is 0 Å². The number of fused-ring (bicyclic) bond motifs is 1. The number of ether oxygens (including phenoxy) is 1. The maximum Gasteiger partial charge on any atom is 0.389 e. The molecule has 12 heteroatoms. The summed E-state index contributed by atoms with van der Waals surface area (Å²) in [5.74, 6) is -5.19. The number of methoxy groups -OCH3 is 1. The van der Waals surface area contributed by atoms with Gasteiger partial charge < -0.3 is 26.4 Å². The topological polar surface area (TPSA) is 123 Å². The number of carbonyl (C=O) groups is 3. The van der Waals surface area contributed by atoms with E-state index in [2.05, 4.69) is 16.0 Å². The second-order valence-corrected chi connectivity index (χ2v) is 8.61. The Bertz CT molecular complexity index is 1130. The molecular weight excluding hydrogens is 496 g/mol. The van der Waals surface area contributed by atoms with Crippen LogP contribution in [0.2, 0.25) is 0 Å². The number of hydrogen-bond donors (Lipinski definition) is 4. The SMILES string of the molecule is COc1ccc(-c2ccccc2)c2c1NC(=O)[C@H](NC(=O)[C@H](CCC(F)(F)F)[C@H](CCCF)C(N)=O)N2. The fourth-order valence-corrected chi connectivity index (χ4v) is 4.32. The minimum absolute atomic E-state index is 0.154. The van der Waals surface area contributed by atoms with Gasteiger partial charge in [-0.15, -0.1) is 0 Å². The summed E-state index contributed by atoms with van der Waals surface area (Å²) < 4.78 is 57.0. The maximum absolute atomic E-state index is 13.1. The number of nitrogens with one attached hydrogen (secondary N) is 3. The quantitative estimate of drug-likeness (QED) is 0.331. The molecule has 3 rings (SSSR count). The Morgan fingerprint density at radius 1 is 1.08 bits per heavy atom. The van der Waals surface area contributed by atoms with Crippen LogP contribution in [0.1, 0.15) is 25.7 Å². The van der Waals surface area contributed by atoms with Crippen LogP contribution in [0.25, 0.3) is 11.1 Å². The Hall–Kier alpha value is -3.83. The van der Waals surface area contributed by atoms with Gasteiger partial charge >= 0.3 is 6.18 Å². The zero-order valence-electron chi connectivity index (χ0n) is 20.0. The molecule has 1 aliphatic rings. The van der Waals surface area contributed by atoms with Crippen molar-refractivity contribution < 1.29 is 36.7 Å². The number of anilines is 2. The van der Waals surface area contributed by atoms with E-state index in [-0.39, 0.29) is 12.8 Å². The van der Waals surface area contributed by atoms with E-state index < -0.39 is 61.4 Å². The van der Waals surface area contributed by atoms with Gasteiger partial charge in [0.1, 0.15) is 11.4 Å². The van der Waals surface area contributed by atoms with Crippen LogP contribution in [0.3, 0.4) is 0 Å². The van der Waals surface area contributed by atoms with Crippen molar-refractivity contribution in [1.82, 2.24) is 5.32 Å². The van der Waals surface area contributed by atoms with E-state index in [0.717, 1.165) is 5.56 Å². The fourth-order valence-electron chi connectivity index (χ4n) is 4.32. The van der Waals surface area contributed by atoms with E-state index in [1.54, 1.807) is 12.1 Å². The molecule has 1 aliphatic heterocycles. The molecule has 37 heavy (non-hydrogen) atoms. The maximum atomic E-state index is 13.1. The summed E-state index contributed by atoms with van der Waals surface area (Å²) >= 11 is 0. The number of hydrogen-bond acceptors (Lipinski definition) is 5. The molecule has 0 radical (unpaired) electrons. The number of alkyl halides is 4. The molecular formula is C25H28F4N4O4. The van der Waals surface area contributed by atoms with E-state index >= 15 is 0 Å². The molecule has 3 amide bonds. The van der Waals surface area contributed by atoms with E-state index in [0.29, 0.717) is 22.7 Å². The first kappa shape index (κ1) is 27.8. The van der Waals surface area contributed by atoms with Gasteiger partial charge in [0, 0.05) is 23.8 Å². The molecule has 0 bridgehead atoms. The van der Waals surface area contributed by atoms with Gasteiger partial charge in [0.25, 0.3) is 5.91 Å². The molecule has 0 fully saturated rings. The van der Waals surface area contributed by atoms with Crippen LogP contribution in [0.5, 0.6) is 5.75 Å². The van der Waals surface area contributed by atoms with Crippen molar-refractivity contribution in [1.29, 1.82) is 0 Å². The Labute approximate surface area is 210 Å². The molecule has 1 heterocycles. The van der Waals surface area contributed by atoms with E-state index in [4.69, 9.17) is 10.5 Å². The van der Waals surface area contributed by atoms with Gasteiger partial charge in [-0.05, 0) is 37.0 Å². The van der Waals surface area contributed by atoms with Crippen molar-refractivity contribution in [2.24, 2.45) is 17.6 Å².